The molecule has 0 unspecified atom stereocenters. The molecule has 1 aliphatic carbocycles. The Morgan fingerprint density at radius 1 is 0.812 bits per heavy atom. The maximum atomic E-state index is 2.32. The summed E-state index contributed by atoms with van der Waals surface area (Å²) < 4.78 is 0. The van der Waals surface area contributed by atoms with E-state index in [9.17, 15) is 0 Å². The molecule has 16 heavy (non-hydrogen) atoms. The maximum Gasteiger partial charge on any atom is -0.0273 e. The van der Waals surface area contributed by atoms with Gasteiger partial charge in [-0.1, -0.05) is 39.8 Å². The summed E-state index contributed by atoms with van der Waals surface area (Å²) in [5.41, 5.74) is 6.23. The van der Waals surface area contributed by atoms with Crippen molar-refractivity contribution in [3.63, 3.8) is 0 Å². The molecule has 92 valence electrons. The van der Waals surface area contributed by atoms with Crippen LogP contribution in [0.1, 0.15) is 62.8 Å². The molecule has 0 saturated heterocycles. The van der Waals surface area contributed by atoms with Crippen LogP contribution >= 0.6 is 0 Å². The number of benzene rings is 1. The summed E-state index contributed by atoms with van der Waals surface area (Å²) in [7, 11) is 0. The molecule has 0 heterocycles. The average Bonchev–Trinajstić information content (AvgIpc) is 2.39. The highest BCUT2D eigenvalue weighted by Gasteiger charge is 2.11. The van der Waals surface area contributed by atoms with E-state index < -0.39 is 0 Å². The second-order valence-electron chi connectivity index (χ2n) is 3.85. The Kier molecular flexibility index (Phi) is 7.97. The average molecular weight is 220 g/mol. The van der Waals surface area contributed by atoms with Crippen LogP contribution in [0.25, 0.3) is 0 Å². The Labute approximate surface area is 102 Å². The summed E-state index contributed by atoms with van der Waals surface area (Å²) >= 11 is 0. The van der Waals surface area contributed by atoms with Crippen LogP contribution in [0.5, 0.6) is 0 Å². The van der Waals surface area contributed by atoms with Gasteiger partial charge in [-0.05, 0) is 61.8 Å². The Hall–Kier alpha value is -0.780. The SMILES string of the molecule is CC.CC.Cc1ccc2c(c1C)CCCC2. The molecule has 0 fully saturated rings. The predicted octanol–water partition coefficient (Wildman–Crippen LogP) is 5.23. The smallest absolute Gasteiger partial charge is 0.0273 e. The van der Waals surface area contributed by atoms with Crippen LogP contribution in [0.15, 0.2) is 12.1 Å². The molecular weight excluding hydrogens is 192 g/mol. The number of hydrogen-bond donors (Lipinski definition) is 0. The van der Waals surface area contributed by atoms with Gasteiger partial charge in [-0.25, -0.2) is 0 Å². The van der Waals surface area contributed by atoms with Crippen molar-refractivity contribution in [3.05, 3.63) is 34.4 Å². The van der Waals surface area contributed by atoms with E-state index in [4.69, 9.17) is 0 Å². The first-order chi connectivity index (χ1) is 7.79. The van der Waals surface area contributed by atoms with Gasteiger partial charge >= 0.3 is 0 Å². The third-order valence-electron chi connectivity index (χ3n) is 3.09. The molecular formula is C16H28. The zero-order valence-electron chi connectivity index (χ0n) is 12.0. The van der Waals surface area contributed by atoms with Gasteiger partial charge in [0.1, 0.15) is 0 Å². The first kappa shape index (κ1) is 15.2. The molecule has 0 radical (unpaired) electrons. The topological polar surface area (TPSA) is 0 Å². The molecule has 0 nitrogen and oxygen atoms in total. The van der Waals surface area contributed by atoms with E-state index in [0.717, 1.165) is 0 Å². The standard InChI is InChI=1S/C12H16.2C2H6/c1-9-7-8-11-5-3-4-6-12(11)10(9)2;2*1-2/h7-8H,3-6H2,1-2H3;2*1-2H3. The van der Waals surface area contributed by atoms with Crippen molar-refractivity contribution in [3.8, 4) is 0 Å². The third kappa shape index (κ3) is 3.66. The minimum atomic E-state index is 1.30. The molecule has 0 amide bonds. The van der Waals surface area contributed by atoms with Crippen LogP contribution < -0.4 is 0 Å². The molecule has 0 aromatic heterocycles. The fourth-order valence-electron chi connectivity index (χ4n) is 2.13. The van der Waals surface area contributed by atoms with Crippen LogP contribution in [-0.2, 0) is 12.8 Å². The van der Waals surface area contributed by atoms with Gasteiger partial charge in [0.05, 0.1) is 0 Å². The summed E-state index contributed by atoms with van der Waals surface area (Å²) in [4.78, 5) is 0. The highest BCUT2D eigenvalue weighted by molar-refractivity contribution is 5.40. The van der Waals surface area contributed by atoms with Crippen molar-refractivity contribution < 1.29 is 0 Å². The minimum Gasteiger partial charge on any atom is -0.0683 e. The Bertz CT molecular complexity index is 297. The van der Waals surface area contributed by atoms with E-state index in [0.29, 0.717) is 0 Å². The minimum absolute atomic E-state index is 1.30. The number of rotatable bonds is 0. The third-order valence-corrected chi connectivity index (χ3v) is 3.09. The van der Waals surface area contributed by atoms with Crippen LogP contribution in [0, 0.1) is 13.8 Å². The van der Waals surface area contributed by atoms with Gasteiger partial charge in [-0.3, -0.25) is 0 Å². The highest BCUT2D eigenvalue weighted by atomic mass is 14.2. The van der Waals surface area contributed by atoms with Crippen molar-refractivity contribution in [2.75, 3.05) is 0 Å². The fourth-order valence-corrected chi connectivity index (χ4v) is 2.13. The van der Waals surface area contributed by atoms with E-state index in [2.05, 4.69) is 26.0 Å². The first-order valence-electron chi connectivity index (χ1n) is 6.87. The van der Waals surface area contributed by atoms with Gasteiger partial charge < -0.3 is 0 Å². The van der Waals surface area contributed by atoms with Gasteiger partial charge in [-0.15, -0.1) is 0 Å². The van der Waals surface area contributed by atoms with Crippen molar-refractivity contribution in [2.24, 2.45) is 0 Å². The zero-order valence-corrected chi connectivity index (χ0v) is 12.0. The lowest BCUT2D eigenvalue weighted by Crippen LogP contribution is -2.05. The molecule has 0 bridgehead atoms. The van der Waals surface area contributed by atoms with Gasteiger partial charge in [0.25, 0.3) is 0 Å². The molecule has 2 rings (SSSR count). The van der Waals surface area contributed by atoms with E-state index in [-0.39, 0.29) is 0 Å². The monoisotopic (exact) mass is 220 g/mol. The van der Waals surface area contributed by atoms with E-state index in [1.165, 1.54) is 36.8 Å². The van der Waals surface area contributed by atoms with Crippen LogP contribution in [-0.4, -0.2) is 0 Å². The van der Waals surface area contributed by atoms with Gasteiger partial charge in [0, 0.05) is 0 Å². The summed E-state index contributed by atoms with van der Waals surface area (Å²) in [5, 5.41) is 0. The molecule has 1 aromatic rings. The largest absolute Gasteiger partial charge is 0.0683 e. The first-order valence-corrected chi connectivity index (χ1v) is 6.87. The molecule has 0 atom stereocenters. The summed E-state index contributed by atoms with van der Waals surface area (Å²) in [6.07, 6.45) is 5.38. The molecule has 0 saturated carbocycles. The quantitative estimate of drug-likeness (QED) is 0.561. The van der Waals surface area contributed by atoms with Crippen LogP contribution in [0.3, 0.4) is 0 Å². The van der Waals surface area contributed by atoms with Gasteiger partial charge in [-0.2, -0.15) is 0 Å². The van der Waals surface area contributed by atoms with Crippen molar-refractivity contribution in [2.45, 2.75) is 67.2 Å². The molecule has 0 heteroatoms. The van der Waals surface area contributed by atoms with Gasteiger partial charge in [0.2, 0.25) is 0 Å². The normalized spacial score (nSPS) is 12.6. The molecule has 0 spiro atoms. The van der Waals surface area contributed by atoms with E-state index in [1.54, 1.807) is 11.1 Å². The predicted molar refractivity (Wildman–Crippen MR) is 75.3 cm³/mol. The van der Waals surface area contributed by atoms with E-state index in [1.807, 2.05) is 27.7 Å². The molecule has 0 N–H and O–H groups in total. The Morgan fingerprint density at radius 2 is 1.38 bits per heavy atom. The maximum absolute atomic E-state index is 2.32. The Morgan fingerprint density at radius 3 is 2.00 bits per heavy atom. The van der Waals surface area contributed by atoms with Crippen molar-refractivity contribution in [1.82, 2.24) is 0 Å². The summed E-state index contributed by atoms with van der Waals surface area (Å²) in [5.74, 6) is 0. The summed E-state index contributed by atoms with van der Waals surface area (Å²) in [6, 6.07) is 4.58. The fraction of sp³-hybridized carbons (Fsp3) is 0.625. The van der Waals surface area contributed by atoms with Crippen LogP contribution in [0.2, 0.25) is 0 Å². The number of aryl methyl sites for hydroxylation is 2. The second kappa shape index (κ2) is 8.38. The van der Waals surface area contributed by atoms with E-state index >= 15 is 0 Å². The number of hydrogen-bond acceptors (Lipinski definition) is 0. The van der Waals surface area contributed by atoms with Gasteiger partial charge in [0.15, 0.2) is 0 Å². The molecule has 1 aromatic carbocycles. The lowest BCUT2D eigenvalue weighted by atomic mass is 9.87. The second-order valence-corrected chi connectivity index (χ2v) is 3.85. The highest BCUT2D eigenvalue weighted by Crippen LogP contribution is 2.25. The van der Waals surface area contributed by atoms with Crippen molar-refractivity contribution in [1.29, 1.82) is 0 Å². The molecule has 0 aliphatic heterocycles. The lowest BCUT2D eigenvalue weighted by molar-refractivity contribution is 0.681. The zero-order chi connectivity index (χ0) is 12.6. The van der Waals surface area contributed by atoms with Crippen LogP contribution in [0.4, 0.5) is 0 Å². The Balaban J connectivity index is 0.000000509. The molecule has 1 aliphatic rings. The van der Waals surface area contributed by atoms with Crippen molar-refractivity contribution >= 4 is 0 Å². The lowest BCUT2D eigenvalue weighted by Gasteiger charge is -2.19. The number of fused-ring (bicyclic) bond motifs is 1. The summed E-state index contributed by atoms with van der Waals surface area (Å²) in [6.45, 7) is 12.5.